The van der Waals surface area contributed by atoms with Crippen LogP contribution in [0.4, 0.5) is 22.7 Å². The maximum absolute atomic E-state index is 12.5. The molecule has 0 saturated carbocycles. The average Bonchev–Trinajstić information content (AvgIpc) is 2.66. The van der Waals surface area contributed by atoms with Gasteiger partial charge in [0.1, 0.15) is 5.69 Å². The fourth-order valence-electron chi connectivity index (χ4n) is 2.72. The number of nitrogens with zero attached hydrogens (tertiary/aromatic N) is 1. The molecule has 0 atom stereocenters. The van der Waals surface area contributed by atoms with Gasteiger partial charge in [0.2, 0.25) is 5.91 Å². The highest BCUT2D eigenvalue weighted by Crippen LogP contribution is 2.21. The van der Waals surface area contributed by atoms with E-state index in [1.54, 1.807) is 18.3 Å². The molecule has 3 N–H and O–H groups in total. The molecule has 0 radical (unpaired) electrons. The molecule has 3 rings (SSSR count). The number of benzene rings is 2. The molecule has 142 valence electrons. The summed E-state index contributed by atoms with van der Waals surface area (Å²) in [7, 11) is 0. The second-order valence-corrected chi connectivity index (χ2v) is 6.52. The highest BCUT2D eigenvalue weighted by atomic mass is 16.2. The highest BCUT2D eigenvalue weighted by molar-refractivity contribution is 6.03. The van der Waals surface area contributed by atoms with E-state index in [0.717, 1.165) is 28.2 Å². The van der Waals surface area contributed by atoms with Gasteiger partial charge in [-0.1, -0.05) is 18.2 Å². The summed E-state index contributed by atoms with van der Waals surface area (Å²) >= 11 is 0. The molecular weight excluding hydrogens is 352 g/mol. The number of aromatic nitrogens is 1. The molecule has 2 amide bonds. The number of carbonyl (C=O) groups excluding carboxylic acids is 2. The van der Waals surface area contributed by atoms with E-state index in [4.69, 9.17) is 0 Å². The molecule has 6 nitrogen and oxygen atoms in total. The molecule has 0 aliphatic carbocycles. The smallest absolute Gasteiger partial charge is 0.274 e. The number of hydrogen-bond acceptors (Lipinski definition) is 4. The molecule has 0 unspecified atom stereocenters. The topological polar surface area (TPSA) is 83.1 Å². The van der Waals surface area contributed by atoms with Crippen molar-refractivity contribution in [3.63, 3.8) is 0 Å². The molecule has 0 bridgehead atoms. The van der Waals surface area contributed by atoms with E-state index >= 15 is 0 Å². The van der Waals surface area contributed by atoms with Gasteiger partial charge in [0, 0.05) is 24.0 Å². The highest BCUT2D eigenvalue weighted by Gasteiger charge is 2.10. The first-order chi connectivity index (χ1) is 13.4. The Balaban J connectivity index is 1.69. The van der Waals surface area contributed by atoms with E-state index in [1.807, 2.05) is 56.3 Å². The number of anilines is 4. The zero-order valence-electron chi connectivity index (χ0n) is 16.0. The monoisotopic (exact) mass is 374 g/mol. The molecule has 0 aliphatic rings. The Morgan fingerprint density at radius 2 is 1.61 bits per heavy atom. The van der Waals surface area contributed by atoms with Crippen molar-refractivity contribution in [2.45, 2.75) is 20.8 Å². The van der Waals surface area contributed by atoms with Crippen LogP contribution in [0.25, 0.3) is 0 Å². The predicted molar refractivity (Wildman–Crippen MR) is 112 cm³/mol. The van der Waals surface area contributed by atoms with Crippen LogP contribution in [0.2, 0.25) is 0 Å². The maximum atomic E-state index is 12.5. The standard InChI is InChI=1S/C22H22N4O2/c1-14-6-4-9-20(15(14)2)26-22(28)21-11-10-19(13-23-21)25-18-8-5-7-17(12-18)24-16(3)27/h4-13,25H,1-3H3,(H,24,27)(H,26,28). The fourth-order valence-corrected chi connectivity index (χ4v) is 2.72. The summed E-state index contributed by atoms with van der Waals surface area (Å²) in [4.78, 5) is 27.9. The Bertz CT molecular complexity index is 1010. The van der Waals surface area contributed by atoms with Crippen molar-refractivity contribution < 1.29 is 9.59 Å². The number of hydrogen-bond donors (Lipinski definition) is 3. The van der Waals surface area contributed by atoms with Gasteiger partial charge in [-0.3, -0.25) is 9.59 Å². The van der Waals surface area contributed by atoms with Crippen LogP contribution in [0.1, 0.15) is 28.5 Å². The summed E-state index contributed by atoms with van der Waals surface area (Å²) in [6.07, 6.45) is 1.60. The summed E-state index contributed by atoms with van der Waals surface area (Å²) in [5.41, 5.74) is 5.51. The van der Waals surface area contributed by atoms with Crippen LogP contribution in [0.5, 0.6) is 0 Å². The summed E-state index contributed by atoms with van der Waals surface area (Å²) in [5, 5.41) is 8.84. The van der Waals surface area contributed by atoms with Gasteiger partial charge < -0.3 is 16.0 Å². The van der Waals surface area contributed by atoms with Gasteiger partial charge in [0.05, 0.1) is 11.9 Å². The summed E-state index contributed by atoms with van der Waals surface area (Å²) < 4.78 is 0. The van der Waals surface area contributed by atoms with Gasteiger partial charge >= 0.3 is 0 Å². The van der Waals surface area contributed by atoms with Crippen molar-refractivity contribution in [1.29, 1.82) is 0 Å². The molecular formula is C22H22N4O2. The van der Waals surface area contributed by atoms with E-state index in [0.29, 0.717) is 11.4 Å². The first-order valence-electron chi connectivity index (χ1n) is 8.90. The molecule has 0 spiro atoms. The fraction of sp³-hybridized carbons (Fsp3) is 0.136. The molecule has 28 heavy (non-hydrogen) atoms. The molecule has 2 aromatic carbocycles. The van der Waals surface area contributed by atoms with Crippen molar-refractivity contribution in [2.24, 2.45) is 0 Å². The third-order valence-electron chi connectivity index (χ3n) is 4.32. The first-order valence-corrected chi connectivity index (χ1v) is 8.90. The lowest BCUT2D eigenvalue weighted by molar-refractivity contribution is -0.114. The van der Waals surface area contributed by atoms with E-state index in [-0.39, 0.29) is 11.8 Å². The summed E-state index contributed by atoms with van der Waals surface area (Å²) in [6.45, 7) is 5.44. The van der Waals surface area contributed by atoms with Gasteiger partial charge in [-0.05, 0) is 61.4 Å². The molecule has 3 aromatic rings. The molecule has 1 aromatic heterocycles. The average molecular weight is 374 g/mol. The molecule has 1 heterocycles. The SMILES string of the molecule is CC(=O)Nc1cccc(Nc2ccc(C(=O)Nc3cccc(C)c3C)nc2)c1. The predicted octanol–water partition coefficient (Wildman–Crippen LogP) is 4.65. The Labute approximate surface area is 164 Å². The van der Waals surface area contributed by atoms with Crippen molar-refractivity contribution >= 4 is 34.6 Å². The zero-order chi connectivity index (χ0) is 20.1. The van der Waals surface area contributed by atoms with Crippen molar-refractivity contribution in [1.82, 2.24) is 4.98 Å². The van der Waals surface area contributed by atoms with Gasteiger partial charge in [0.25, 0.3) is 5.91 Å². The van der Waals surface area contributed by atoms with Crippen molar-refractivity contribution in [3.05, 3.63) is 77.6 Å². The summed E-state index contributed by atoms with van der Waals surface area (Å²) in [5.74, 6) is -0.383. The van der Waals surface area contributed by atoms with Gasteiger partial charge in [-0.2, -0.15) is 0 Å². The lowest BCUT2D eigenvalue weighted by Crippen LogP contribution is -2.14. The number of rotatable bonds is 5. The number of pyridine rings is 1. The lowest BCUT2D eigenvalue weighted by Gasteiger charge is -2.11. The van der Waals surface area contributed by atoms with Crippen molar-refractivity contribution in [2.75, 3.05) is 16.0 Å². The van der Waals surface area contributed by atoms with E-state index in [1.165, 1.54) is 6.92 Å². The number of amides is 2. The molecule has 6 heteroatoms. The van der Waals surface area contributed by atoms with Crippen LogP contribution in [-0.4, -0.2) is 16.8 Å². The normalized spacial score (nSPS) is 10.2. The van der Waals surface area contributed by atoms with Crippen LogP contribution < -0.4 is 16.0 Å². The Kier molecular flexibility index (Phi) is 5.69. The summed E-state index contributed by atoms with van der Waals surface area (Å²) in [6, 6.07) is 16.6. The van der Waals surface area contributed by atoms with E-state index in [2.05, 4.69) is 20.9 Å². The van der Waals surface area contributed by atoms with Crippen molar-refractivity contribution in [3.8, 4) is 0 Å². The Morgan fingerprint density at radius 1 is 0.857 bits per heavy atom. The Hall–Kier alpha value is -3.67. The third kappa shape index (κ3) is 4.73. The quantitative estimate of drug-likeness (QED) is 0.607. The van der Waals surface area contributed by atoms with Crippen LogP contribution >= 0.6 is 0 Å². The number of carbonyl (C=O) groups is 2. The van der Waals surface area contributed by atoms with Crippen LogP contribution in [0.3, 0.4) is 0 Å². The van der Waals surface area contributed by atoms with Crippen LogP contribution in [0, 0.1) is 13.8 Å². The van der Waals surface area contributed by atoms with Gasteiger partial charge in [-0.15, -0.1) is 0 Å². The Morgan fingerprint density at radius 3 is 2.32 bits per heavy atom. The number of nitrogens with one attached hydrogen (secondary N) is 3. The minimum atomic E-state index is -0.257. The zero-order valence-corrected chi connectivity index (χ0v) is 16.0. The van der Waals surface area contributed by atoms with E-state index < -0.39 is 0 Å². The number of aryl methyl sites for hydroxylation is 1. The molecule has 0 saturated heterocycles. The second kappa shape index (κ2) is 8.35. The largest absolute Gasteiger partial charge is 0.354 e. The molecule has 0 fully saturated rings. The lowest BCUT2D eigenvalue weighted by atomic mass is 10.1. The van der Waals surface area contributed by atoms with Gasteiger partial charge in [-0.25, -0.2) is 4.98 Å². The minimum Gasteiger partial charge on any atom is -0.354 e. The third-order valence-corrected chi connectivity index (χ3v) is 4.32. The van der Waals surface area contributed by atoms with Crippen LogP contribution in [-0.2, 0) is 4.79 Å². The minimum absolute atomic E-state index is 0.127. The van der Waals surface area contributed by atoms with E-state index in [9.17, 15) is 9.59 Å². The van der Waals surface area contributed by atoms with Crippen LogP contribution in [0.15, 0.2) is 60.8 Å². The maximum Gasteiger partial charge on any atom is 0.274 e. The van der Waals surface area contributed by atoms with Gasteiger partial charge in [0.15, 0.2) is 0 Å². The first kappa shape index (κ1) is 19.1. The second-order valence-electron chi connectivity index (χ2n) is 6.52. The molecule has 0 aliphatic heterocycles.